The number of carbonyl (C=O) groups excluding carboxylic acids is 1. The molecule has 0 bridgehead atoms. The summed E-state index contributed by atoms with van der Waals surface area (Å²) in [6.45, 7) is 3.79. The molecule has 1 aromatic carbocycles. The molecule has 1 rings (SSSR count). The van der Waals surface area contributed by atoms with E-state index in [1.807, 2.05) is 0 Å². The fourth-order valence-electron chi connectivity index (χ4n) is 1.62. The molecule has 0 saturated heterocycles. The molecule has 0 fully saturated rings. The summed E-state index contributed by atoms with van der Waals surface area (Å²) in [5, 5.41) is 13.8. The van der Waals surface area contributed by atoms with Gasteiger partial charge in [0.1, 0.15) is 5.56 Å². The standard InChI is InChI=1S/C12H15ClN2O4/c1-12(2,7-19-3)14-11(16)9-6-8(13)4-5-10(9)15(17)18/h4-6H,7H2,1-3H3,(H,14,16). The second-order valence-corrected chi connectivity index (χ2v) is 5.13. The molecule has 0 unspecified atom stereocenters. The summed E-state index contributed by atoms with van der Waals surface area (Å²) >= 11 is 5.77. The summed E-state index contributed by atoms with van der Waals surface area (Å²) in [7, 11) is 1.51. The van der Waals surface area contributed by atoms with Gasteiger partial charge in [-0.1, -0.05) is 11.6 Å². The Balaban J connectivity index is 3.05. The largest absolute Gasteiger partial charge is 0.382 e. The van der Waals surface area contributed by atoms with Crippen LogP contribution in [0, 0.1) is 10.1 Å². The summed E-state index contributed by atoms with van der Waals surface area (Å²) in [5.74, 6) is -0.559. The number of benzene rings is 1. The number of nitro groups is 1. The van der Waals surface area contributed by atoms with Crippen LogP contribution in [0.25, 0.3) is 0 Å². The Hall–Kier alpha value is -1.66. The molecule has 1 amide bonds. The third kappa shape index (κ3) is 4.18. The lowest BCUT2D eigenvalue weighted by Gasteiger charge is -2.25. The number of nitro benzene ring substituents is 1. The van der Waals surface area contributed by atoms with Crippen molar-refractivity contribution < 1.29 is 14.5 Å². The zero-order valence-corrected chi connectivity index (χ0v) is 11.7. The Bertz CT molecular complexity index is 503. The Morgan fingerprint density at radius 2 is 2.16 bits per heavy atom. The van der Waals surface area contributed by atoms with Crippen molar-refractivity contribution in [1.29, 1.82) is 0 Å². The van der Waals surface area contributed by atoms with E-state index in [9.17, 15) is 14.9 Å². The summed E-state index contributed by atoms with van der Waals surface area (Å²) in [5.41, 5.74) is -0.987. The maximum absolute atomic E-state index is 12.1. The van der Waals surface area contributed by atoms with Crippen LogP contribution in [-0.2, 0) is 4.74 Å². The van der Waals surface area contributed by atoms with E-state index >= 15 is 0 Å². The molecule has 0 aliphatic rings. The van der Waals surface area contributed by atoms with Crippen LogP contribution in [0.4, 0.5) is 5.69 Å². The molecule has 0 aromatic heterocycles. The maximum Gasteiger partial charge on any atom is 0.282 e. The SMILES string of the molecule is COCC(C)(C)NC(=O)c1cc(Cl)ccc1[N+](=O)[O-]. The van der Waals surface area contributed by atoms with Crippen molar-refractivity contribution in [3.8, 4) is 0 Å². The van der Waals surface area contributed by atoms with E-state index < -0.39 is 16.4 Å². The predicted molar refractivity (Wildman–Crippen MR) is 71.5 cm³/mol. The van der Waals surface area contributed by atoms with Gasteiger partial charge < -0.3 is 10.1 Å². The number of amides is 1. The molecule has 0 atom stereocenters. The van der Waals surface area contributed by atoms with Gasteiger partial charge in [-0.2, -0.15) is 0 Å². The molecule has 1 N–H and O–H groups in total. The summed E-state index contributed by atoms with van der Waals surface area (Å²) in [4.78, 5) is 22.4. The first-order valence-electron chi connectivity index (χ1n) is 5.52. The minimum atomic E-state index is -0.637. The molecule has 0 saturated carbocycles. The summed E-state index contributed by atoms with van der Waals surface area (Å²) in [6.07, 6.45) is 0. The molecule has 0 aliphatic carbocycles. The van der Waals surface area contributed by atoms with Gasteiger partial charge in [0.2, 0.25) is 0 Å². The van der Waals surface area contributed by atoms with E-state index in [2.05, 4.69) is 5.32 Å². The van der Waals surface area contributed by atoms with Crippen molar-refractivity contribution in [2.45, 2.75) is 19.4 Å². The summed E-state index contributed by atoms with van der Waals surface area (Å²) < 4.78 is 4.97. The first-order chi connectivity index (χ1) is 8.76. The molecule has 0 heterocycles. The van der Waals surface area contributed by atoms with Gasteiger partial charge in [-0.3, -0.25) is 14.9 Å². The molecule has 6 nitrogen and oxygen atoms in total. The predicted octanol–water partition coefficient (Wildman–Crippen LogP) is 2.40. The van der Waals surface area contributed by atoms with Gasteiger partial charge in [0, 0.05) is 18.2 Å². The van der Waals surface area contributed by atoms with E-state index in [-0.39, 0.29) is 22.9 Å². The number of nitrogens with zero attached hydrogens (tertiary/aromatic N) is 1. The van der Waals surface area contributed by atoms with E-state index in [0.29, 0.717) is 0 Å². The molecule has 19 heavy (non-hydrogen) atoms. The number of rotatable bonds is 5. The third-order valence-electron chi connectivity index (χ3n) is 2.36. The molecule has 0 spiro atoms. The number of hydrogen-bond donors (Lipinski definition) is 1. The van der Waals surface area contributed by atoms with Gasteiger partial charge in [0.25, 0.3) is 11.6 Å². The number of carbonyl (C=O) groups is 1. The Kier molecular flexibility index (Phi) is 4.85. The number of nitrogens with one attached hydrogen (secondary N) is 1. The second kappa shape index (κ2) is 5.99. The lowest BCUT2D eigenvalue weighted by Crippen LogP contribution is -2.46. The lowest BCUT2D eigenvalue weighted by molar-refractivity contribution is -0.385. The van der Waals surface area contributed by atoms with Crippen LogP contribution in [0.3, 0.4) is 0 Å². The highest BCUT2D eigenvalue weighted by Gasteiger charge is 2.26. The van der Waals surface area contributed by atoms with Gasteiger partial charge in [-0.15, -0.1) is 0 Å². The van der Waals surface area contributed by atoms with E-state index in [1.165, 1.54) is 25.3 Å². The topological polar surface area (TPSA) is 81.5 Å². The maximum atomic E-state index is 12.1. The molecule has 0 radical (unpaired) electrons. The van der Waals surface area contributed by atoms with Gasteiger partial charge >= 0.3 is 0 Å². The van der Waals surface area contributed by atoms with Gasteiger partial charge in [-0.05, 0) is 26.0 Å². The van der Waals surface area contributed by atoms with Crippen molar-refractivity contribution >= 4 is 23.2 Å². The smallest absolute Gasteiger partial charge is 0.282 e. The van der Waals surface area contributed by atoms with Crippen LogP contribution in [0.5, 0.6) is 0 Å². The number of ether oxygens (including phenoxy) is 1. The van der Waals surface area contributed by atoms with Crippen LogP contribution in [0.1, 0.15) is 24.2 Å². The minimum Gasteiger partial charge on any atom is -0.382 e. The monoisotopic (exact) mass is 286 g/mol. The number of halogens is 1. The molecule has 1 aromatic rings. The van der Waals surface area contributed by atoms with Crippen LogP contribution in [0.2, 0.25) is 5.02 Å². The molecule has 104 valence electrons. The first-order valence-corrected chi connectivity index (χ1v) is 5.90. The normalized spacial score (nSPS) is 11.2. The van der Waals surface area contributed by atoms with Crippen LogP contribution < -0.4 is 5.32 Å². The zero-order valence-electron chi connectivity index (χ0n) is 10.9. The van der Waals surface area contributed by atoms with Crippen molar-refractivity contribution in [2.24, 2.45) is 0 Å². The van der Waals surface area contributed by atoms with Crippen LogP contribution in [0.15, 0.2) is 18.2 Å². The van der Waals surface area contributed by atoms with E-state index in [1.54, 1.807) is 13.8 Å². The minimum absolute atomic E-state index is 0.0679. The third-order valence-corrected chi connectivity index (χ3v) is 2.59. The average Bonchev–Trinajstić information content (AvgIpc) is 2.27. The van der Waals surface area contributed by atoms with Gasteiger partial charge in [-0.25, -0.2) is 0 Å². The van der Waals surface area contributed by atoms with E-state index in [0.717, 1.165) is 0 Å². The lowest BCUT2D eigenvalue weighted by atomic mass is 10.1. The molecular weight excluding hydrogens is 272 g/mol. The van der Waals surface area contributed by atoms with Gasteiger partial charge in [0.15, 0.2) is 0 Å². The van der Waals surface area contributed by atoms with Crippen molar-refractivity contribution in [3.63, 3.8) is 0 Å². The zero-order chi connectivity index (χ0) is 14.6. The fourth-order valence-corrected chi connectivity index (χ4v) is 1.79. The number of methoxy groups -OCH3 is 1. The first kappa shape index (κ1) is 15.4. The quantitative estimate of drug-likeness (QED) is 0.665. The molecular formula is C12H15ClN2O4. The van der Waals surface area contributed by atoms with Gasteiger partial charge in [0.05, 0.1) is 17.1 Å². The van der Waals surface area contributed by atoms with Crippen molar-refractivity contribution in [2.75, 3.05) is 13.7 Å². The van der Waals surface area contributed by atoms with Crippen molar-refractivity contribution in [3.05, 3.63) is 38.9 Å². The summed E-state index contributed by atoms with van der Waals surface area (Å²) in [6, 6.07) is 3.86. The van der Waals surface area contributed by atoms with Crippen LogP contribution >= 0.6 is 11.6 Å². The number of hydrogen-bond acceptors (Lipinski definition) is 4. The second-order valence-electron chi connectivity index (χ2n) is 4.69. The van der Waals surface area contributed by atoms with Crippen LogP contribution in [-0.4, -0.2) is 30.1 Å². The Morgan fingerprint density at radius 3 is 2.68 bits per heavy atom. The Morgan fingerprint density at radius 1 is 1.53 bits per heavy atom. The fraction of sp³-hybridized carbons (Fsp3) is 0.417. The average molecular weight is 287 g/mol. The molecule has 7 heteroatoms. The molecule has 0 aliphatic heterocycles. The van der Waals surface area contributed by atoms with Crippen molar-refractivity contribution in [1.82, 2.24) is 5.32 Å². The highest BCUT2D eigenvalue weighted by Crippen LogP contribution is 2.23. The Labute approximate surface area is 115 Å². The highest BCUT2D eigenvalue weighted by molar-refractivity contribution is 6.31. The van der Waals surface area contributed by atoms with E-state index in [4.69, 9.17) is 16.3 Å². The highest BCUT2D eigenvalue weighted by atomic mass is 35.5.